The van der Waals surface area contributed by atoms with Crippen LogP contribution in [0.4, 0.5) is 0 Å². The van der Waals surface area contributed by atoms with Crippen molar-refractivity contribution in [3.63, 3.8) is 0 Å². The molecular weight excluding hydrogens is 426 g/mol. The predicted octanol–water partition coefficient (Wildman–Crippen LogP) is 1.67. The molecule has 2 N–H and O–H groups in total. The lowest BCUT2D eigenvalue weighted by Gasteiger charge is -2.29. The number of hydrogen-bond acceptors (Lipinski definition) is 7. The second kappa shape index (κ2) is 10.9. The summed E-state index contributed by atoms with van der Waals surface area (Å²) in [6.07, 6.45) is 0. The number of hydroxylamine groups is 1. The normalized spacial score (nSPS) is 15.3. The number of morpholine rings is 1. The highest BCUT2D eigenvalue weighted by Gasteiger charge is 2.27. The van der Waals surface area contributed by atoms with Crippen molar-refractivity contribution in [3.8, 4) is 0 Å². The summed E-state index contributed by atoms with van der Waals surface area (Å²) in [6, 6.07) is 16.4. The third-order valence-corrected chi connectivity index (χ3v) is 7.53. The monoisotopic (exact) mass is 451 g/mol. The smallest absolute Gasteiger partial charge is 0.258 e. The first kappa shape index (κ1) is 22.7. The van der Waals surface area contributed by atoms with Gasteiger partial charge in [0.2, 0.25) is 10.0 Å². The molecule has 1 fully saturated rings. The first-order chi connectivity index (χ1) is 14.5. The molecule has 3 rings (SSSR count). The topological polar surface area (TPSA) is 99.2 Å². The summed E-state index contributed by atoms with van der Waals surface area (Å²) in [4.78, 5) is 15.9. The van der Waals surface area contributed by atoms with Gasteiger partial charge < -0.3 is 4.74 Å². The van der Waals surface area contributed by atoms with E-state index in [1.54, 1.807) is 24.3 Å². The maximum Gasteiger partial charge on any atom is 0.258 e. The van der Waals surface area contributed by atoms with Crippen LogP contribution in [0.3, 0.4) is 0 Å². The summed E-state index contributed by atoms with van der Waals surface area (Å²) in [7, 11) is -3.90. The highest BCUT2D eigenvalue weighted by Crippen LogP contribution is 2.28. The first-order valence-electron chi connectivity index (χ1n) is 9.55. The Balaban J connectivity index is 1.72. The number of carbonyl (C=O) groups is 1. The molecule has 1 aliphatic heterocycles. The van der Waals surface area contributed by atoms with Crippen LogP contribution in [0.1, 0.15) is 0 Å². The Morgan fingerprint density at radius 2 is 1.70 bits per heavy atom. The van der Waals surface area contributed by atoms with Crippen LogP contribution in [0, 0.1) is 0 Å². The minimum atomic E-state index is -3.90. The van der Waals surface area contributed by atoms with Gasteiger partial charge in [-0.3, -0.25) is 14.9 Å². The molecule has 0 aromatic heterocycles. The molecule has 162 valence electrons. The summed E-state index contributed by atoms with van der Waals surface area (Å²) in [5.74, 6) is -0.781. The molecule has 0 atom stereocenters. The van der Waals surface area contributed by atoms with E-state index < -0.39 is 22.5 Å². The van der Waals surface area contributed by atoms with Gasteiger partial charge in [0, 0.05) is 36.0 Å². The summed E-state index contributed by atoms with van der Waals surface area (Å²) < 4.78 is 32.7. The molecule has 2 aromatic carbocycles. The van der Waals surface area contributed by atoms with Crippen LogP contribution in [0.25, 0.3) is 0 Å². The predicted molar refractivity (Wildman–Crippen MR) is 113 cm³/mol. The zero-order valence-electron chi connectivity index (χ0n) is 16.4. The van der Waals surface area contributed by atoms with Crippen LogP contribution in [0.2, 0.25) is 0 Å². The lowest BCUT2D eigenvalue weighted by Crippen LogP contribution is -2.46. The van der Waals surface area contributed by atoms with Crippen molar-refractivity contribution in [2.75, 3.05) is 45.9 Å². The van der Waals surface area contributed by atoms with Gasteiger partial charge in [-0.05, 0) is 36.4 Å². The molecular formula is C20H25N3O5S2. The van der Waals surface area contributed by atoms with Gasteiger partial charge >= 0.3 is 0 Å². The van der Waals surface area contributed by atoms with Crippen LogP contribution in [-0.2, 0) is 19.6 Å². The number of benzene rings is 2. The van der Waals surface area contributed by atoms with Crippen molar-refractivity contribution < 1.29 is 23.2 Å². The number of nitrogens with one attached hydrogen (secondary N) is 1. The molecule has 1 aliphatic rings. The SMILES string of the molecule is O=C(CN(CCN1CCOCC1)S(=O)(=O)c1ccc(Sc2ccccc2)cc1)NO. The number of nitrogens with zero attached hydrogens (tertiary/aromatic N) is 2. The largest absolute Gasteiger partial charge is 0.379 e. The Kier molecular flexibility index (Phi) is 8.25. The molecule has 8 nitrogen and oxygen atoms in total. The number of amides is 1. The number of carbonyl (C=O) groups excluding carboxylic acids is 1. The standard InChI is InChI=1S/C20H25N3O5S2/c24-20(21-25)16-23(11-10-22-12-14-28-15-13-22)30(26,27)19-8-6-18(7-9-19)29-17-4-2-1-3-5-17/h1-9,25H,10-16H2,(H,21,24). The fourth-order valence-corrected chi connectivity index (χ4v) is 5.24. The summed E-state index contributed by atoms with van der Waals surface area (Å²) in [6.45, 7) is 2.79. The van der Waals surface area contributed by atoms with Gasteiger partial charge in [0.1, 0.15) is 0 Å². The number of rotatable bonds is 9. The second-order valence-corrected chi connectivity index (χ2v) is 9.80. The van der Waals surface area contributed by atoms with Crippen molar-refractivity contribution in [2.24, 2.45) is 0 Å². The Hall–Kier alpha value is -1.95. The average Bonchev–Trinajstić information content (AvgIpc) is 2.78. The fourth-order valence-electron chi connectivity index (χ4n) is 3.01. The van der Waals surface area contributed by atoms with Crippen molar-refractivity contribution in [1.82, 2.24) is 14.7 Å². The highest BCUT2D eigenvalue weighted by atomic mass is 32.2. The molecule has 1 saturated heterocycles. The zero-order chi connectivity index (χ0) is 21.4. The molecule has 1 amide bonds. The van der Waals surface area contributed by atoms with E-state index in [4.69, 9.17) is 9.94 Å². The molecule has 0 spiro atoms. The second-order valence-electron chi connectivity index (χ2n) is 6.71. The molecule has 0 bridgehead atoms. The molecule has 0 radical (unpaired) electrons. The quantitative estimate of drug-likeness (QED) is 0.442. The van der Waals surface area contributed by atoms with Crippen molar-refractivity contribution in [1.29, 1.82) is 0 Å². The first-order valence-corrected chi connectivity index (χ1v) is 11.8. The Labute approximate surface area is 180 Å². The molecule has 10 heteroatoms. The van der Waals surface area contributed by atoms with Gasteiger partial charge in [0.05, 0.1) is 24.7 Å². The summed E-state index contributed by atoms with van der Waals surface area (Å²) in [5, 5.41) is 8.86. The van der Waals surface area contributed by atoms with Gasteiger partial charge in [-0.1, -0.05) is 30.0 Å². The zero-order valence-corrected chi connectivity index (χ0v) is 18.1. The van der Waals surface area contributed by atoms with Crippen LogP contribution in [0.5, 0.6) is 0 Å². The Bertz CT molecular complexity index is 917. The maximum absolute atomic E-state index is 13.1. The van der Waals surface area contributed by atoms with E-state index in [2.05, 4.69) is 4.90 Å². The number of sulfonamides is 1. The van der Waals surface area contributed by atoms with Crippen molar-refractivity contribution in [3.05, 3.63) is 54.6 Å². The van der Waals surface area contributed by atoms with E-state index in [-0.39, 0.29) is 11.4 Å². The lowest BCUT2D eigenvalue weighted by molar-refractivity contribution is -0.129. The molecule has 30 heavy (non-hydrogen) atoms. The number of ether oxygens (including phenoxy) is 1. The molecule has 0 unspecified atom stereocenters. The fraction of sp³-hybridized carbons (Fsp3) is 0.350. The molecule has 2 aromatic rings. The lowest BCUT2D eigenvalue weighted by atomic mass is 10.4. The Morgan fingerprint density at radius 1 is 1.07 bits per heavy atom. The summed E-state index contributed by atoms with van der Waals surface area (Å²) >= 11 is 1.53. The minimum absolute atomic E-state index is 0.104. The van der Waals surface area contributed by atoms with E-state index >= 15 is 0 Å². The molecule has 0 aliphatic carbocycles. The van der Waals surface area contributed by atoms with Gasteiger partial charge in [0.15, 0.2) is 0 Å². The van der Waals surface area contributed by atoms with Gasteiger partial charge in [-0.15, -0.1) is 0 Å². The van der Waals surface area contributed by atoms with E-state index in [0.29, 0.717) is 32.8 Å². The third-order valence-electron chi connectivity index (χ3n) is 4.65. The minimum Gasteiger partial charge on any atom is -0.379 e. The van der Waals surface area contributed by atoms with Crippen LogP contribution >= 0.6 is 11.8 Å². The molecule has 1 heterocycles. The van der Waals surface area contributed by atoms with Gasteiger partial charge in [0.25, 0.3) is 5.91 Å². The highest BCUT2D eigenvalue weighted by molar-refractivity contribution is 7.99. The summed E-state index contributed by atoms with van der Waals surface area (Å²) in [5.41, 5.74) is 1.51. The number of hydrogen-bond donors (Lipinski definition) is 2. The van der Waals surface area contributed by atoms with Crippen molar-refractivity contribution >= 4 is 27.7 Å². The maximum atomic E-state index is 13.1. The van der Waals surface area contributed by atoms with E-state index in [9.17, 15) is 13.2 Å². The third kappa shape index (κ3) is 6.27. The van der Waals surface area contributed by atoms with E-state index in [0.717, 1.165) is 14.1 Å². The van der Waals surface area contributed by atoms with E-state index in [1.807, 2.05) is 30.3 Å². The average molecular weight is 452 g/mol. The van der Waals surface area contributed by atoms with Crippen LogP contribution in [-0.4, -0.2) is 74.7 Å². The van der Waals surface area contributed by atoms with Crippen LogP contribution in [0.15, 0.2) is 69.3 Å². The van der Waals surface area contributed by atoms with Gasteiger partial charge in [-0.25, -0.2) is 13.9 Å². The van der Waals surface area contributed by atoms with Crippen molar-refractivity contribution in [2.45, 2.75) is 14.7 Å². The van der Waals surface area contributed by atoms with Gasteiger partial charge in [-0.2, -0.15) is 4.31 Å². The van der Waals surface area contributed by atoms with E-state index in [1.165, 1.54) is 17.2 Å². The molecule has 0 saturated carbocycles. The Morgan fingerprint density at radius 3 is 2.33 bits per heavy atom. The van der Waals surface area contributed by atoms with Crippen LogP contribution < -0.4 is 5.48 Å².